The summed E-state index contributed by atoms with van der Waals surface area (Å²) in [7, 11) is 3.21. The number of methoxy groups -OCH3 is 2. The molecule has 3 rings (SSSR count). The Labute approximate surface area is 161 Å². The van der Waals surface area contributed by atoms with Crippen molar-refractivity contribution in [1.29, 1.82) is 0 Å². The molecule has 1 amide bonds. The summed E-state index contributed by atoms with van der Waals surface area (Å²) in [6, 6.07) is 12.6. The maximum atomic E-state index is 12.6. The van der Waals surface area contributed by atoms with Gasteiger partial charge < -0.3 is 14.2 Å². The van der Waals surface area contributed by atoms with E-state index in [2.05, 4.69) is 10.3 Å². The second-order valence-electron chi connectivity index (χ2n) is 5.49. The Balaban J connectivity index is 1.84. The van der Waals surface area contributed by atoms with Gasteiger partial charge in [-0.15, -0.1) is 11.3 Å². The lowest BCUT2D eigenvalue weighted by Gasteiger charge is -2.09. The third kappa shape index (κ3) is 4.20. The standard InChI is InChI=1S/C20H20N2O4S/c1-4-26-18-8-6-5-7-14(18)19(23)22-20-21-16(12-27-20)15-11-13(24-2)9-10-17(15)25-3/h5-12H,4H2,1-3H3,(H,21,22,23). The smallest absolute Gasteiger partial charge is 0.261 e. The van der Waals surface area contributed by atoms with Crippen LogP contribution in [-0.4, -0.2) is 31.7 Å². The van der Waals surface area contributed by atoms with E-state index in [1.165, 1.54) is 11.3 Å². The molecule has 0 aliphatic carbocycles. The normalized spacial score (nSPS) is 10.3. The average molecular weight is 384 g/mol. The summed E-state index contributed by atoms with van der Waals surface area (Å²) in [4.78, 5) is 17.1. The fourth-order valence-electron chi connectivity index (χ4n) is 2.57. The summed E-state index contributed by atoms with van der Waals surface area (Å²) in [5.41, 5.74) is 1.96. The van der Waals surface area contributed by atoms with Gasteiger partial charge in [-0.05, 0) is 37.3 Å². The SMILES string of the molecule is CCOc1ccccc1C(=O)Nc1nc(-c2cc(OC)ccc2OC)cs1. The molecule has 0 bridgehead atoms. The maximum Gasteiger partial charge on any atom is 0.261 e. The number of benzene rings is 2. The highest BCUT2D eigenvalue weighted by molar-refractivity contribution is 7.14. The Bertz CT molecular complexity index is 939. The fraction of sp³-hybridized carbons (Fsp3) is 0.200. The summed E-state index contributed by atoms with van der Waals surface area (Å²) in [6.45, 7) is 2.37. The van der Waals surface area contributed by atoms with Crippen LogP contribution < -0.4 is 19.5 Å². The quantitative estimate of drug-likeness (QED) is 0.650. The molecular formula is C20H20N2O4S. The van der Waals surface area contributed by atoms with Gasteiger partial charge in [0.25, 0.3) is 5.91 Å². The molecule has 0 aliphatic rings. The Morgan fingerprint density at radius 2 is 1.93 bits per heavy atom. The highest BCUT2D eigenvalue weighted by Gasteiger charge is 2.16. The third-order valence-electron chi connectivity index (χ3n) is 3.84. The molecular weight excluding hydrogens is 364 g/mol. The van der Waals surface area contributed by atoms with Crippen molar-refractivity contribution < 1.29 is 19.0 Å². The number of anilines is 1. The van der Waals surface area contributed by atoms with Crippen molar-refractivity contribution >= 4 is 22.4 Å². The first kappa shape index (κ1) is 18.7. The van der Waals surface area contributed by atoms with Crippen molar-refractivity contribution in [2.24, 2.45) is 0 Å². The van der Waals surface area contributed by atoms with Gasteiger partial charge in [0.05, 0.1) is 32.1 Å². The minimum Gasteiger partial charge on any atom is -0.497 e. The Hall–Kier alpha value is -3.06. The van der Waals surface area contributed by atoms with Crippen molar-refractivity contribution in [3.8, 4) is 28.5 Å². The molecule has 1 aromatic heterocycles. The number of hydrogen-bond donors (Lipinski definition) is 1. The number of thiazole rings is 1. The van der Waals surface area contributed by atoms with Crippen molar-refractivity contribution in [2.75, 3.05) is 26.1 Å². The second kappa shape index (κ2) is 8.55. The summed E-state index contributed by atoms with van der Waals surface area (Å²) < 4.78 is 16.2. The molecule has 0 atom stereocenters. The number of carbonyl (C=O) groups is 1. The summed E-state index contributed by atoms with van der Waals surface area (Å²) in [5, 5.41) is 5.18. The molecule has 0 saturated carbocycles. The van der Waals surface area contributed by atoms with E-state index in [-0.39, 0.29) is 5.91 Å². The van der Waals surface area contributed by atoms with Gasteiger partial charge in [0.1, 0.15) is 17.2 Å². The van der Waals surface area contributed by atoms with Crippen LogP contribution in [-0.2, 0) is 0 Å². The van der Waals surface area contributed by atoms with Gasteiger partial charge in [-0.2, -0.15) is 0 Å². The molecule has 6 nitrogen and oxygen atoms in total. The molecule has 0 saturated heterocycles. The minimum atomic E-state index is -0.266. The van der Waals surface area contributed by atoms with Crippen LogP contribution in [0.15, 0.2) is 47.8 Å². The van der Waals surface area contributed by atoms with E-state index in [1.807, 2.05) is 36.6 Å². The summed E-state index contributed by atoms with van der Waals surface area (Å²) in [5.74, 6) is 1.66. The molecule has 1 heterocycles. The predicted octanol–water partition coefficient (Wildman–Crippen LogP) is 4.48. The van der Waals surface area contributed by atoms with Crippen molar-refractivity contribution in [1.82, 2.24) is 4.98 Å². The molecule has 3 aromatic rings. The van der Waals surface area contributed by atoms with Crippen LogP contribution in [0.4, 0.5) is 5.13 Å². The fourth-order valence-corrected chi connectivity index (χ4v) is 3.27. The highest BCUT2D eigenvalue weighted by Crippen LogP contribution is 2.35. The summed E-state index contributed by atoms with van der Waals surface area (Å²) >= 11 is 1.34. The van der Waals surface area contributed by atoms with Gasteiger partial charge in [-0.1, -0.05) is 12.1 Å². The number of rotatable bonds is 7. The third-order valence-corrected chi connectivity index (χ3v) is 4.60. The predicted molar refractivity (Wildman–Crippen MR) is 106 cm³/mol. The van der Waals surface area contributed by atoms with E-state index >= 15 is 0 Å². The Morgan fingerprint density at radius 1 is 1.11 bits per heavy atom. The number of hydrogen-bond acceptors (Lipinski definition) is 6. The van der Waals surface area contributed by atoms with Crippen molar-refractivity contribution in [2.45, 2.75) is 6.92 Å². The maximum absolute atomic E-state index is 12.6. The van der Waals surface area contributed by atoms with E-state index < -0.39 is 0 Å². The van der Waals surface area contributed by atoms with Crippen LogP contribution in [0.3, 0.4) is 0 Å². The zero-order chi connectivity index (χ0) is 19.2. The van der Waals surface area contributed by atoms with E-state index in [0.717, 1.165) is 5.56 Å². The van der Waals surface area contributed by atoms with E-state index in [1.54, 1.807) is 32.4 Å². The number of ether oxygens (including phenoxy) is 3. The van der Waals surface area contributed by atoms with Crippen LogP contribution in [0.2, 0.25) is 0 Å². The van der Waals surface area contributed by atoms with Gasteiger partial charge in [-0.3, -0.25) is 10.1 Å². The van der Waals surface area contributed by atoms with E-state index in [0.29, 0.717) is 40.2 Å². The summed E-state index contributed by atoms with van der Waals surface area (Å²) in [6.07, 6.45) is 0. The molecule has 27 heavy (non-hydrogen) atoms. The van der Waals surface area contributed by atoms with Gasteiger partial charge in [-0.25, -0.2) is 4.98 Å². The largest absolute Gasteiger partial charge is 0.497 e. The zero-order valence-electron chi connectivity index (χ0n) is 15.3. The van der Waals surface area contributed by atoms with Crippen LogP contribution in [0.5, 0.6) is 17.2 Å². The number of aromatic nitrogens is 1. The number of nitrogens with zero attached hydrogens (tertiary/aromatic N) is 1. The van der Waals surface area contributed by atoms with Crippen molar-refractivity contribution in [3.05, 3.63) is 53.4 Å². The molecule has 140 valence electrons. The topological polar surface area (TPSA) is 69.7 Å². The van der Waals surface area contributed by atoms with E-state index in [9.17, 15) is 4.79 Å². The number of amides is 1. The molecule has 2 aromatic carbocycles. The first-order valence-corrected chi connectivity index (χ1v) is 9.25. The van der Waals surface area contributed by atoms with Crippen LogP contribution >= 0.6 is 11.3 Å². The lowest BCUT2D eigenvalue weighted by molar-refractivity contribution is 0.102. The monoisotopic (exact) mass is 384 g/mol. The Kier molecular flexibility index (Phi) is 5.93. The lowest BCUT2D eigenvalue weighted by Crippen LogP contribution is -2.13. The minimum absolute atomic E-state index is 0.266. The first-order valence-electron chi connectivity index (χ1n) is 8.37. The molecule has 7 heteroatoms. The molecule has 0 fully saturated rings. The van der Waals surface area contributed by atoms with Crippen molar-refractivity contribution in [3.63, 3.8) is 0 Å². The molecule has 0 spiro atoms. The molecule has 0 unspecified atom stereocenters. The van der Waals surface area contributed by atoms with Gasteiger partial charge in [0, 0.05) is 10.9 Å². The molecule has 0 radical (unpaired) electrons. The number of nitrogens with one attached hydrogen (secondary N) is 1. The Morgan fingerprint density at radius 3 is 2.67 bits per heavy atom. The van der Waals surface area contributed by atoms with Crippen LogP contribution in [0.1, 0.15) is 17.3 Å². The van der Waals surface area contributed by atoms with Gasteiger partial charge in [0.15, 0.2) is 5.13 Å². The van der Waals surface area contributed by atoms with Crippen LogP contribution in [0.25, 0.3) is 11.3 Å². The first-order chi connectivity index (χ1) is 13.2. The number of para-hydroxylation sites is 1. The average Bonchev–Trinajstić information content (AvgIpc) is 3.16. The second-order valence-corrected chi connectivity index (χ2v) is 6.35. The van der Waals surface area contributed by atoms with Gasteiger partial charge in [0.2, 0.25) is 0 Å². The lowest BCUT2D eigenvalue weighted by atomic mass is 10.1. The molecule has 1 N–H and O–H groups in total. The molecule has 0 aliphatic heterocycles. The zero-order valence-corrected chi connectivity index (χ0v) is 16.1. The number of carbonyl (C=O) groups excluding carboxylic acids is 1. The van der Waals surface area contributed by atoms with E-state index in [4.69, 9.17) is 14.2 Å². The van der Waals surface area contributed by atoms with Crippen LogP contribution in [0, 0.1) is 0 Å². The van der Waals surface area contributed by atoms with Gasteiger partial charge >= 0.3 is 0 Å². The highest BCUT2D eigenvalue weighted by atomic mass is 32.1.